The highest BCUT2D eigenvalue weighted by molar-refractivity contribution is 5.85. The lowest BCUT2D eigenvalue weighted by atomic mass is 10.1. The molecule has 0 aromatic carbocycles. The highest BCUT2D eigenvalue weighted by Gasteiger charge is 1.91. The summed E-state index contributed by atoms with van der Waals surface area (Å²) in [6.07, 6.45) is 3.87. The lowest BCUT2D eigenvalue weighted by Crippen LogP contribution is -1.98. The first-order valence-electron chi connectivity index (χ1n) is 3.47. The Morgan fingerprint density at radius 2 is 1.82 bits per heavy atom. The maximum absolute atomic E-state index is 10.4. The van der Waals surface area contributed by atoms with Crippen LogP contribution in [0.1, 0.15) is 32.6 Å². The number of hydrogen-bond donors (Lipinski definition) is 2. The first-order valence-corrected chi connectivity index (χ1v) is 3.47. The summed E-state index contributed by atoms with van der Waals surface area (Å²) in [7, 11) is 0. The number of unbranched alkanes of at least 4 members (excludes halogenated alkanes) is 2. The summed E-state index contributed by atoms with van der Waals surface area (Å²) in [5.41, 5.74) is 5.26. The number of carbonyl (C=O) groups excluding carboxylic acids is 1. The standard InChI is InChI=1S/C7H15NO.ClH.H3N/c1-7(9)5-3-2-4-6-8;;/h2-6,8H2,1H3;1H;1H3. The van der Waals surface area contributed by atoms with Crippen LogP contribution in [0.25, 0.3) is 0 Å². The lowest BCUT2D eigenvalue weighted by molar-refractivity contribution is -0.117. The molecule has 0 aliphatic rings. The predicted molar refractivity (Wildman–Crippen MR) is 50.5 cm³/mol. The molecule has 0 aliphatic carbocycles. The summed E-state index contributed by atoms with van der Waals surface area (Å²) < 4.78 is 0. The molecule has 0 unspecified atom stereocenters. The SMILES string of the molecule is CC(=O)CCCCCN.Cl.N. The molecule has 5 N–H and O–H groups in total. The summed E-state index contributed by atoms with van der Waals surface area (Å²) in [5.74, 6) is 0.284. The van der Waals surface area contributed by atoms with Crippen molar-refractivity contribution >= 4 is 18.2 Å². The highest BCUT2D eigenvalue weighted by atomic mass is 35.5. The monoisotopic (exact) mass is 182 g/mol. The molecule has 0 rings (SSSR count). The maximum atomic E-state index is 10.4. The molecule has 0 amide bonds. The van der Waals surface area contributed by atoms with Gasteiger partial charge in [-0.3, -0.25) is 0 Å². The summed E-state index contributed by atoms with van der Waals surface area (Å²) in [5, 5.41) is 0. The number of Topliss-reactive ketones (excluding diaryl/α,β-unsaturated/α-hetero) is 1. The van der Waals surface area contributed by atoms with Gasteiger partial charge in [-0.25, -0.2) is 0 Å². The van der Waals surface area contributed by atoms with Crippen molar-refractivity contribution in [3.63, 3.8) is 0 Å². The van der Waals surface area contributed by atoms with Gasteiger partial charge in [0.15, 0.2) is 0 Å². The van der Waals surface area contributed by atoms with E-state index >= 15 is 0 Å². The van der Waals surface area contributed by atoms with Crippen LogP contribution in [-0.4, -0.2) is 12.3 Å². The average Bonchev–Trinajstić information content (AvgIpc) is 1.80. The lowest BCUT2D eigenvalue weighted by Gasteiger charge is -1.93. The van der Waals surface area contributed by atoms with Crippen LogP contribution in [0.3, 0.4) is 0 Å². The Hall–Kier alpha value is -0.120. The van der Waals surface area contributed by atoms with Gasteiger partial charge in [-0.1, -0.05) is 6.42 Å². The molecule has 0 spiro atoms. The van der Waals surface area contributed by atoms with Gasteiger partial charge in [0.1, 0.15) is 5.78 Å². The van der Waals surface area contributed by atoms with Crippen molar-refractivity contribution < 1.29 is 4.79 Å². The summed E-state index contributed by atoms with van der Waals surface area (Å²) in [6.45, 7) is 2.38. The number of nitrogens with two attached hydrogens (primary N) is 1. The molecule has 0 saturated heterocycles. The topological polar surface area (TPSA) is 78.1 Å². The molecular formula is C7H19ClN2O. The number of halogens is 1. The molecule has 0 aromatic rings. The van der Waals surface area contributed by atoms with Crippen molar-refractivity contribution in [3.8, 4) is 0 Å². The van der Waals surface area contributed by atoms with Gasteiger partial charge in [0.25, 0.3) is 0 Å². The third-order valence-corrected chi connectivity index (χ3v) is 1.23. The third kappa shape index (κ3) is 17.7. The van der Waals surface area contributed by atoms with Crippen LogP contribution in [0, 0.1) is 0 Å². The molecule has 0 aliphatic heterocycles. The quantitative estimate of drug-likeness (QED) is 0.635. The molecular weight excluding hydrogens is 164 g/mol. The zero-order chi connectivity index (χ0) is 7.11. The van der Waals surface area contributed by atoms with E-state index in [1.165, 1.54) is 0 Å². The van der Waals surface area contributed by atoms with Gasteiger partial charge in [-0.2, -0.15) is 0 Å². The summed E-state index contributed by atoms with van der Waals surface area (Å²) in [4.78, 5) is 10.4. The first kappa shape index (κ1) is 17.1. The van der Waals surface area contributed by atoms with E-state index in [-0.39, 0.29) is 24.3 Å². The Bertz CT molecular complexity index is 88.5. The van der Waals surface area contributed by atoms with Crippen molar-refractivity contribution in [3.05, 3.63) is 0 Å². The molecule has 0 radical (unpaired) electrons. The Morgan fingerprint density at radius 3 is 2.18 bits per heavy atom. The molecule has 3 nitrogen and oxygen atoms in total. The molecule has 4 heteroatoms. The summed E-state index contributed by atoms with van der Waals surface area (Å²) >= 11 is 0. The average molecular weight is 183 g/mol. The van der Waals surface area contributed by atoms with E-state index in [1.54, 1.807) is 6.92 Å². The fourth-order valence-electron chi connectivity index (χ4n) is 0.695. The van der Waals surface area contributed by atoms with Gasteiger partial charge in [-0.05, 0) is 26.3 Å². The second-order valence-corrected chi connectivity index (χ2v) is 2.30. The van der Waals surface area contributed by atoms with Crippen LogP contribution < -0.4 is 11.9 Å². The van der Waals surface area contributed by atoms with Crippen LogP contribution >= 0.6 is 12.4 Å². The molecule has 11 heavy (non-hydrogen) atoms. The van der Waals surface area contributed by atoms with Crippen molar-refractivity contribution in [2.24, 2.45) is 5.73 Å². The second-order valence-electron chi connectivity index (χ2n) is 2.30. The van der Waals surface area contributed by atoms with Crippen molar-refractivity contribution in [1.82, 2.24) is 6.15 Å². The fourth-order valence-corrected chi connectivity index (χ4v) is 0.695. The normalized spacial score (nSPS) is 7.82. The molecule has 0 fully saturated rings. The Balaban J connectivity index is -0.000000320. The smallest absolute Gasteiger partial charge is 0.129 e. The number of ketones is 1. The molecule has 0 saturated carbocycles. The number of rotatable bonds is 5. The highest BCUT2D eigenvalue weighted by Crippen LogP contribution is 1.98. The maximum Gasteiger partial charge on any atom is 0.129 e. The minimum absolute atomic E-state index is 0. The van der Waals surface area contributed by atoms with Gasteiger partial charge in [0.05, 0.1) is 0 Å². The number of hydrogen-bond acceptors (Lipinski definition) is 3. The van der Waals surface area contributed by atoms with Crippen molar-refractivity contribution in [2.45, 2.75) is 32.6 Å². The molecule has 0 atom stereocenters. The second kappa shape index (κ2) is 12.5. The van der Waals surface area contributed by atoms with Crippen molar-refractivity contribution in [2.75, 3.05) is 6.54 Å². The molecule has 0 aromatic heterocycles. The van der Waals surface area contributed by atoms with Crippen LogP contribution in [0.4, 0.5) is 0 Å². The van der Waals surface area contributed by atoms with E-state index in [0.29, 0.717) is 0 Å². The van der Waals surface area contributed by atoms with Gasteiger partial charge in [0, 0.05) is 6.42 Å². The Kier molecular flexibility index (Phi) is 19.5. The fraction of sp³-hybridized carbons (Fsp3) is 0.857. The molecule has 70 valence electrons. The summed E-state index contributed by atoms with van der Waals surface area (Å²) in [6, 6.07) is 0. The van der Waals surface area contributed by atoms with Crippen molar-refractivity contribution in [1.29, 1.82) is 0 Å². The Labute approximate surface area is 74.7 Å². The van der Waals surface area contributed by atoms with E-state index in [1.807, 2.05) is 0 Å². The van der Waals surface area contributed by atoms with Crippen LogP contribution in [0.2, 0.25) is 0 Å². The largest absolute Gasteiger partial charge is 0.344 e. The van der Waals surface area contributed by atoms with E-state index in [9.17, 15) is 4.79 Å². The number of carbonyl (C=O) groups is 1. The Morgan fingerprint density at radius 1 is 1.27 bits per heavy atom. The minimum atomic E-state index is 0. The van der Waals surface area contributed by atoms with Gasteiger partial charge >= 0.3 is 0 Å². The van der Waals surface area contributed by atoms with E-state index in [2.05, 4.69) is 0 Å². The van der Waals surface area contributed by atoms with Crippen LogP contribution in [-0.2, 0) is 4.79 Å². The molecule has 0 heterocycles. The first-order chi connectivity index (χ1) is 4.27. The third-order valence-electron chi connectivity index (χ3n) is 1.23. The molecule has 0 bridgehead atoms. The minimum Gasteiger partial charge on any atom is -0.344 e. The van der Waals surface area contributed by atoms with Crippen LogP contribution in [0.5, 0.6) is 0 Å². The van der Waals surface area contributed by atoms with Gasteiger partial charge in [-0.15, -0.1) is 12.4 Å². The zero-order valence-electron chi connectivity index (χ0n) is 7.14. The van der Waals surface area contributed by atoms with Gasteiger partial charge < -0.3 is 16.7 Å². The zero-order valence-corrected chi connectivity index (χ0v) is 7.95. The van der Waals surface area contributed by atoms with Gasteiger partial charge in [0.2, 0.25) is 0 Å². The van der Waals surface area contributed by atoms with E-state index in [4.69, 9.17) is 5.73 Å². The van der Waals surface area contributed by atoms with E-state index < -0.39 is 0 Å². The van der Waals surface area contributed by atoms with E-state index in [0.717, 1.165) is 32.2 Å². The predicted octanol–water partition coefficient (Wildman–Crippen LogP) is 1.68. The van der Waals surface area contributed by atoms with Crippen LogP contribution in [0.15, 0.2) is 0 Å².